The number of nitrogens with one attached hydrogen (secondary N) is 1. The van der Waals surface area contributed by atoms with Crippen LogP contribution < -0.4 is 10.1 Å². The molecule has 0 spiro atoms. The third-order valence-electron chi connectivity index (χ3n) is 4.87. The van der Waals surface area contributed by atoms with Crippen molar-refractivity contribution in [2.75, 3.05) is 19.6 Å². The minimum Gasteiger partial charge on any atom is -0.484 e. The number of carbonyl (C=O) groups is 1. The molecule has 0 radical (unpaired) electrons. The lowest BCUT2D eigenvalue weighted by Gasteiger charge is -2.23. The Labute approximate surface area is 164 Å². The van der Waals surface area contributed by atoms with Gasteiger partial charge < -0.3 is 14.5 Å². The number of ether oxygens (including phenoxy) is 1. The summed E-state index contributed by atoms with van der Waals surface area (Å²) in [6, 6.07) is 22.0. The SMILES string of the molecule is O=C(CN1Cc2ccccc2OC(c2ccccc2)C1)NCCc1ccco1. The van der Waals surface area contributed by atoms with Crippen LogP contribution in [0.3, 0.4) is 0 Å². The quantitative estimate of drug-likeness (QED) is 0.715. The molecule has 1 atom stereocenters. The van der Waals surface area contributed by atoms with E-state index in [1.165, 1.54) is 0 Å². The van der Waals surface area contributed by atoms with E-state index < -0.39 is 0 Å². The molecule has 3 aromatic rings. The number of fused-ring (bicyclic) bond motifs is 1. The van der Waals surface area contributed by atoms with Gasteiger partial charge in [0.05, 0.1) is 12.8 Å². The second-order valence-corrected chi connectivity index (χ2v) is 6.97. The second kappa shape index (κ2) is 8.76. The largest absolute Gasteiger partial charge is 0.484 e. The Morgan fingerprint density at radius 2 is 1.86 bits per heavy atom. The summed E-state index contributed by atoms with van der Waals surface area (Å²) in [5.41, 5.74) is 2.21. The summed E-state index contributed by atoms with van der Waals surface area (Å²) < 4.78 is 11.6. The van der Waals surface area contributed by atoms with Gasteiger partial charge in [-0.1, -0.05) is 48.5 Å². The molecular formula is C23H24N2O3. The van der Waals surface area contributed by atoms with Crippen molar-refractivity contribution in [1.82, 2.24) is 10.2 Å². The van der Waals surface area contributed by atoms with Gasteiger partial charge in [-0.15, -0.1) is 0 Å². The fraction of sp³-hybridized carbons (Fsp3) is 0.261. The fourth-order valence-electron chi connectivity index (χ4n) is 3.48. The van der Waals surface area contributed by atoms with Crippen molar-refractivity contribution in [2.45, 2.75) is 19.1 Å². The van der Waals surface area contributed by atoms with Crippen LogP contribution in [-0.2, 0) is 17.8 Å². The Hall–Kier alpha value is -3.05. The van der Waals surface area contributed by atoms with E-state index in [2.05, 4.69) is 28.4 Å². The predicted molar refractivity (Wildman–Crippen MR) is 107 cm³/mol. The van der Waals surface area contributed by atoms with E-state index in [0.29, 0.717) is 32.6 Å². The van der Waals surface area contributed by atoms with Gasteiger partial charge in [0.2, 0.25) is 5.91 Å². The summed E-state index contributed by atoms with van der Waals surface area (Å²) in [5.74, 6) is 1.77. The lowest BCUT2D eigenvalue weighted by molar-refractivity contribution is -0.122. The minimum absolute atomic E-state index is 0.0118. The molecule has 0 aliphatic carbocycles. The van der Waals surface area contributed by atoms with Gasteiger partial charge in [0.25, 0.3) is 0 Å². The molecule has 0 saturated heterocycles. The third-order valence-corrected chi connectivity index (χ3v) is 4.87. The molecule has 2 heterocycles. The molecule has 5 heteroatoms. The zero-order chi connectivity index (χ0) is 19.2. The van der Waals surface area contributed by atoms with Crippen molar-refractivity contribution in [3.63, 3.8) is 0 Å². The van der Waals surface area contributed by atoms with E-state index >= 15 is 0 Å². The molecule has 1 aliphatic rings. The van der Waals surface area contributed by atoms with Gasteiger partial charge >= 0.3 is 0 Å². The molecule has 1 amide bonds. The first-order valence-corrected chi connectivity index (χ1v) is 9.59. The number of rotatable bonds is 6. The van der Waals surface area contributed by atoms with Crippen LogP contribution >= 0.6 is 0 Å². The van der Waals surface area contributed by atoms with Crippen LogP contribution in [0.2, 0.25) is 0 Å². The lowest BCUT2D eigenvalue weighted by Crippen LogP contribution is -2.39. The van der Waals surface area contributed by atoms with Crippen LogP contribution in [0.1, 0.15) is 23.0 Å². The van der Waals surface area contributed by atoms with Crippen LogP contribution in [0.15, 0.2) is 77.4 Å². The summed E-state index contributed by atoms with van der Waals surface area (Å²) in [5, 5.41) is 2.99. The number of hydrogen-bond donors (Lipinski definition) is 1. The van der Waals surface area contributed by atoms with E-state index in [4.69, 9.17) is 9.15 Å². The van der Waals surface area contributed by atoms with Gasteiger partial charge in [-0.25, -0.2) is 0 Å². The zero-order valence-corrected chi connectivity index (χ0v) is 15.7. The van der Waals surface area contributed by atoms with Crippen LogP contribution in [0, 0.1) is 0 Å². The highest BCUT2D eigenvalue weighted by atomic mass is 16.5. The Bertz CT molecular complexity index is 893. The average molecular weight is 376 g/mol. The number of amides is 1. The molecular weight excluding hydrogens is 352 g/mol. The van der Waals surface area contributed by atoms with E-state index in [1.807, 2.05) is 48.5 Å². The van der Waals surface area contributed by atoms with E-state index in [0.717, 1.165) is 22.6 Å². The first-order chi connectivity index (χ1) is 13.8. The van der Waals surface area contributed by atoms with Crippen molar-refractivity contribution in [2.24, 2.45) is 0 Å². The highest BCUT2D eigenvalue weighted by molar-refractivity contribution is 5.78. The monoisotopic (exact) mass is 376 g/mol. The molecule has 5 nitrogen and oxygen atoms in total. The number of nitrogens with zero attached hydrogens (tertiary/aromatic N) is 1. The van der Waals surface area contributed by atoms with Crippen LogP contribution in [-0.4, -0.2) is 30.4 Å². The number of para-hydroxylation sites is 1. The van der Waals surface area contributed by atoms with Crippen LogP contribution in [0.25, 0.3) is 0 Å². The number of hydrogen-bond acceptors (Lipinski definition) is 4. The molecule has 1 aliphatic heterocycles. The first-order valence-electron chi connectivity index (χ1n) is 9.59. The lowest BCUT2D eigenvalue weighted by atomic mass is 10.1. The summed E-state index contributed by atoms with van der Waals surface area (Å²) >= 11 is 0. The van der Waals surface area contributed by atoms with Gasteiger partial charge in [-0.2, -0.15) is 0 Å². The van der Waals surface area contributed by atoms with Crippen molar-refractivity contribution in [3.05, 3.63) is 89.9 Å². The number of benzene rings is 2. The van der Waals surface area contributed by atoms with Crippen molar-refractivity contribution >= 4 is 5.91 Å². The van der Waals surface area contributed by atoms with Crippen molar-refractivity contribution in [1.29, 1.82) is 0 Å². The Kier molecular flexibility index (Phi) is 5.73. The molecule has 2 aromatic carbocycles. The summed E-state index contributed by atoms with van der Waals surface area (Å²) in [7, 11) is 0. The Morgan fingerprint density at radius 3 is 2.68 bits per heavy atom. The second-order valence-electron chi connectivity index (χ2n) is 6.97. The normalized spacial score (nSPS) is 16.6. The molecule has 144 valence electrons. The molecule has 1 unspecified atom stereocenters. The third kappa shape index (κ3) is 4.61. The maximum absolute atomic E-state index is 12.5. The summed E-state index contributed by atoms with van der Waals surface area (Å²) in [6.45, 7) is 2.24. The van der Waals surface area contributed by atoms with Gasteiger partial charge in [0, 0.05) is 31.6 Å². The van der Waals surface area contributed by atoms with Crippen molar-refractivity contribution < 1.29 is 13.9 Å². The van der Waals surface area contributed by atoms with Gasteiger partial charge in [0.1, 0.15) is 17.6 Å². The maximum atomic E-state index is 12.5. The molecule has 28 heavy (non-hydrogen) atoms. The molecule has 1 N–H and O–H groups in total. The standard InChI is InChI=1S/C23H24N2O3/c26-23(24-13-12-20-10-6-14-27-20)17-25-15-19-9-4-5-11-21(19)28-22(16-25)18-7-2-1-3-8-18/h1-11,14,22H,12-13,15-17H2,(H,24,26). The average Bonchev–Trinajstić information content (AvgIpc) is 3.16. The Balaban J connectivity index is 1.42. The van der Waals surface area contributed by atoms with Gasteiger partial charge in [0.15, 0.2) is 0 Å². The fourth-order valence-corrected chi connectivity index (χ4v) is 3.48. The molecule has 0 bridgehead atoms. The van der Waals surface area contributed by atoms with Crippen LogP contribution in [0.5, 0.6) is 5.75 Å². The number of furan rings is 1. The van der Waals surface area contributed by atoms with Gasteiger partial charge in [-0.05, 0) is 23.8 Å². The zero-order valence-electron chi connectivity index (χ0n) is 15.7. The summed E-state index contributed by atoms with van der Waals surface area (Å²) in [4.78, 5) is 14.6. The molecule has 0 fully saturated rings. The predicted octanol–water partition coefficient (Wildman–Crippen LogP) is 3.57. The smallest absolute Gasteiger partial charge is 0.234 e. The highest BCUT2D eigenvalue weighted by Crippen LogP contribution is 2.30. The highest BCUT2D eigenvalue weighted by Gasteiger charge is 2.25. The molecule has 4 rings (SSSR count). The Morgan fingerprint density at radius 1 is 1.04 bits per heavy atom. The minimum atomic E-state index is -0.110. The van der Waals surface area contributed by atoms with Crippen LogP contribution in [0.4, 0.5) is 0 Å². The topological polar surface area (TPSA) is 54.7 Å². The maximum Gasteiger partial charge on any atom is 0.234 e. The van der Waals surface area contributed by atoms with Crippen molar-refractivity contribution in [3.8, 4) is 5.75 Å². The molecule has 1 aromatic heterocycles. The molecule has 0 saturated carbocycles. The first kappa shape index (κ1) is 18.3. The number of carbonyl (C=O) groups excluding carboxylic acids is 1. The van der Waals surface area contributed by atoms with E-state index in [9.17, 15) is 4.79 Å². The van der Waals surface area contributed by atoms with E-state index in [-0.39, 0.29) is 12.0 Å². The summed E-state index contributed by atoms with van der Waals surface area (Å²) in [6.07, 6.45) is 2.23. The van der Waals surface area contributed by atoms with Gasteiger partial charge in [-0.3, -0.25) is 9.69 Å². The van der Waals surface area contributed by atoms with E-state index in [1.54, 1.807) is 6.26 Å².